The highest BCUT2D eigenvalue weighted by molar-refractivity contribution is 7.13. The third kappa shape index (κ3) is 4.67. The molecule has 0 aliphatic heterocycles. The van der Waals surface area contributed by atoms with Crippen LogP contribution in [-0.2, 0) is 13.0 Å². The maximum Gasteiger partial charge on any atom is 0.335 e. The van der Waals surface area contributed by atoms with Crippen LogP contribution in [0, 0.1) is 0 Å². The molecule has 0 unspecified atom stereocenters. The first-order valence-electron chi connectivity index (χ1n) is 12.2. The number of aromatic nitrogens is 2. The first-order valence-corrected chi connectivity index (χ1v) is 13.1. The maximum atomic E-state index is 13.6. The van der Waals surface area contributed by atoms with Crippen LogP contribution in [0.2, 0.25) is 0 Å². The fourth-order valence-corrected chi connectivity index (χ4v) is 5.39. The molecule has 0 saturated carbocycles. The molecule has 38 heavy (non-hydrogen) atoms. The SMILES string of the molecule is O=C(O)c1ccc(CNC(=O)c2cc(-c3cccs3)cn3ncc(Cc4ccc5ccccc5c4)c23)cc1. The number of pyridine rings is 1. The molecule has 0 fully saturated rings. The van der Waals surface area contributed by atoms with Gasteiger partial charge in [0, 0.05) is 35.2 Å². The average molecular weight is 518 g/mol. The predicted octanol–water partition coefficient (Wildman–Crippen LogP) is 6.44. The lowest BCUT2D eigenvalue weighted by molar-refractivity contribution is 0.0696. The van der Waals surface area contributed by atoms with E-state index in [1.807, 2.05) is 48.1 Å². The number of carboxylic acid groups (broad SMARTS) is 1. The van der Waals surface area contributed by atoms with E-state index in [-0.39, 0.29) is 18.0 Å². The Morgan fingerprint density at radius 2 is 1.68 bits per heavy atom. The number of hydrogen-bond acceptors (Lipinski definition) is 4. The van der Waals surface area contributed by atoms with Gasteiger partial charge < -0.3 is 10.4 Å². The summed E-state index contributed by atoms with van der Waals surface area (Å²) in [5, 5.41) is 21.1. The van der Waals surface area contributed by atoms with Gasteiger partial charge in [-0.3, -0.25) is 4.79 Å². The van der Waals surface area contributed by atoms with E-state index in [4.69, 9.17) is 5.11 Å². The van der Waals surface area contributed by atoms with Gasteiger partial charge in [-0.15, -0.1) is 11.3 Å². The van der Waals surface area contributed by atoms with Crippen molar-refractivity contribution in [2.24, 2.45) is 0 Å². The lowest BCUT2D eigenvalue weighted by Crippen LogP contribution is -2.23. The number of carboxylic acids is 1. The number of thiophene rings is 1. The normalized spacial score (nSPS) is 11.2. The Morgan fingerprint density at radius 3 is 2.45 bits per heavy atom. The maximum absolute atomic E-state index is 13.6. The van der Waals surface area contributed by atoms with Crippen LogP contribution in [0.1, 0.15) is 37.4 Å². The van der Waals surface area contributed by atoms with Crippen molar-refractivity contribution in [3.63, 3.8) is 0 Å². The van der Waals surface area contributed by atoms with Gasteiger partial charge in [-0.25, -0.2) is 9.31 Å². The van der Waals surface area contributed by atoms with E-state index in [1.54, 1.807) is 28.0 Å². The van der Waals surface area contributed by atoms with Crippen LogP contribution in [0.5, 0.6) is 0 Å². The summed E-state index contributed by atoms with van der Waals surface area (Å²) < 4.78 is 1.79. The molecular weight excluding hydrogens is 494 g/mol. The van der Waals surface area contributed by atoms with Gasteiger partial charge in [0.15, 0.2) is 0 Å². The van der Waals surface area contributed by atoms with Crippen molar-refractivity contribution >= 4 is 39.5 Å². The number of carbonyl (C=O) groups is 2. The van der Waals surface area contributed by atoms with Crippen LogP contribution < -0.4 is 5.32 Å². The van der Waals surface area contributed by atoms with Gasteiger partial charge in [0.25, 0.3) is 5.91 Å². The van der Waals surface area contributed by atoms with Crippen molar-refractivity contribution in [2.45, 2.75) is 13.0 Å². The lowest BCUT2D eigenvalue weighted by Gasteiger charge is -2.11. The summed E-state index contributed by atoms with van der Waals surface area (Å²) in [6.07, 6.45) is 4.44. The zero-order chi connectivity index (χ0) is 26.1. The second-order valence-electron chi connectivity index (χ2n) is 9.13. The van der Waals surface area contributed by atoms with Crippen LogP contribution in [-0.4, -0.2) is 26.6 Å². The van der Waals surface area contributed by atoms with Gasteiger partial charge >= 0.3 is 5.97 Å². The second-order valence-corrected chi connectivity index (χ2v) is 10.1. The molecule has 0 saturated heterocycles. The van der Waals surface area contributed by atoms with E-state index in [9.17, 15) is 9.59 Å². The third-order valence-electron chi connectivity index (χ3n) is 6.60. The molecule has 6 rings (SSSR count). The summed E-state index contributed by atoms with van der Waals surface area (Å²) in [6.45, 7) is 0.280. The van der Waals surface area contributed by atoms with Crippen molar-refractivity contribution in [3.05, 3.63) is 131 Å². The van der Waals surface area contributed by atoms with Crippen molar-refractivity contribution < 1.29 is 14.7 Å². The summed E-state index contributed by atoms with van der Waals surface area (Å²) in [4.78, 5) is 25.8. The zero-order valence-electron chi connectivity index (χ0n) is 20.3. The van der Waals surface area contributed by atoms with Gasteiger partial charge in [-0.2, -0.15) is 5.10 Å². The standard InChI is InChI=1S/C31H23N3O3S/c35-30(32-17-20-7-11-23(12-8-20)31(36)37)27-16-26(28-6-3-13-38-28)19-34-29(27)25(18-33-34)15-21-9-10-22-4-1-2-5-24(22)14-21/h1-14,16,18-19H,15,17H2,(H,32,35)(H,36,37). The third-order valence-corrected chi connectivity index (χ3v) is 7.52. The number of aromatic carboxylic acids is 1. The zero-order valence-corrected chi connectivity index (χ0v) is 21.1. The number of nitrogens with zero attached hydrogens (tertiary/aromatic N) is 2. The molecule has 0 spiro atoms. The highest BCUT2D eigenvalue weighted by atomic mass is 32.1. The van der Waals surface area contributed by atoms with E-state index < -0.39 is 5.97 Å². The first-order chi connectivity index (χ1) is 18.5. The van der Waals surface area contributed by atoms with Crippen molar-refractivity contribution in [3.8, 4) is 10.4 Å². The van der Waals surface area contributed by atoms with Gasteiger partial charge in [-0.05, 0) is 51.5 Å². The van der Waals surface area contributed by atoms with E-state index in [0.717, 1.165) is 32.6 Å². The molecule has 0 atom stereocenters. The summed E-state index contributed by atoms with van der Waals surface area (Å²) in [5.74, 6) is -1.19. The number of hydrogen-bond donors (Lipinski definition) is 2. The van der Waals surface area contributed by atoms with Gasteiger partial charge in [-0.1, -0.05) is 60.7 Å². The van der Waals surface area contributed by atoms with Crippen molar-refractivity contribution in [2.75, 3.05) is 0 Å². The molecule has 1 amide bonds. The number of benzene rings is 3. The fourth-order valence-electron chi connectivity index (χ4n) is 4.68. The van der Waals surface area contributed by atoms with E-state index in [1.165, 1.54) is 22.9 Å². The first kappa shape index (κ1) is 23.6. The van der Waals surface area contributed by atoms with Gasteiger partial charge in [0.1, 0.15) is 0 Å². The predicted molar refractivity (Wildman–Crippen MR) is 150 cm³/mol. The van der Waals surface area contributed by atoms with Crippen molar-refractivity contribution in [1.82, 2.24) is 14.9 Å². The number of fused-ring (bicyclic) bond motifs is 2. The minimum absolute atomic E-state index is 0.211. The summed E-state index contributed by atoms with van der Waals surface area (Å²) in [6, 6.07) is 27.1. The van der Waals surface area contributed by atoms with Crippen molar-refractivity contribution in [1.29, 1.82) is 0 Å². The molecule has 0 bridgehead atoms. The average Bonchev–Trinajstić information content (AvgIpc) is 3.62. The van der Waals surface area contributed by atoms with Crippen LogP contribution in [0.15, 0.2) is 103 Å². The fraction of sp³-hybridized carbons (Fsp3) is 0.0645. The number of nitrogens with one attached hydrogen (secondary N) is 1. The quantitative estimate of drug-likeness (QED) is 0.255. The summed E-state index contributed by atoms with van der Waals surface area (Å²) in [7, 11) is 0. The van der Waals surface area contributed by atoms with E-state index >= 15 is 0 Å². The molecule has 3 heterocycles. The lowest BCUT2D eigenvalue weighted by atomic mass is 10.00. The molecule has 0 aliphatic carbocycles. The molecule has 0 radical (unpaired) electrons. The van der Waals surface area contributed by atoms with Crippen LogP contribution in [0.25, 0.3) is 26.7 Å². The molecule has 3 aromatic heterocycles. The van der Waals surface area contributed by atoms with Crippen LogP contribution in [0.4, 0.5) is 0 Å². The Kier molecular flexibility index (Phi) is 6.19. The van der Waals surface area contributed by atoms with E-state index in [0.29, 0.717) is 12.0 Å². The number of rotatable bonds is 7. The van der Waals surface area contributed by atoms with Crippen LogP contribution >= 0.6 is 11.3 Å². The van der Waals surface area contributed by atoms with E-state index in [2.05, 4.69) is 40.7 Å². The summed E-state index contributed by atoms with van der Waals surface area (Å²) >= 11 is 1.61. The Labute approximate surface area is 222 Å². The Morgan fingerprint density at radius 1 is 0.895 bits per heavy atom. The second kappa shape index (κ2) is 9.95. The highest BCUT2D eigenvalue weighted by Gasteiger charge is 2.18. The van der Waals surface area contributed by atoms with Crippen LogP contribution in [0.3, 0.4) is 0 Å². The number of carbonyl (C=O) groups excluding carboxylic acids is 1. The van der Waals surface area contributed by atoms with Gasteiger partial charge in [0.05, 0.1) is 22.8 Å². The largest absolute Gasteiger partial charge is 0.478 e. The molecule has 2 N–H and O–H groups in total. The van der Waals surface area contributed by atoms with Gasteiger partial charge in [0.2, 0.25) is 0 Å². The Bertz CT molecular complexity index is 1790. The molecule has 3 aromatic carbocycles. The smallest absolute Gasteiger partial charge is 0.335 e. The Balaban J connectivity index is 1.35. The topological polar surface area (TPSA) is 83.7 Å². The molecule has 6 nitrogen and oxygen atoms in total. The minimum Gasteiger partial charge on any atom is -0.478 e. The summed E-state index contributed by atoms with van der Waals surface area (Å²) in [5.41, 5.74) is 5.38. The molecule has 0 aliphatic rings. The Hall–Kier alpha value is -4.75. The highest BCUT2D eigenvalue weighted by Crippen LogP contribution is 2.29. The molecule has 186 valence electrons. The monoisotopic (exact) mass is 517 g/mol. The molecule has 7 heteroatoms. The molecule has 6 aromatic rings. The minimum atomic E-state index is -0.979. The number of amides is 1. The molecular formula is C31H23N3O3S.